The monoisotopic (exact) mass is 348 g/mol. The largest absolute Gasteiger partial charge is 0.481 e. The van der Waals surface area contributed by atoms with Gasteiger partial charge in [-0.3, -0.25) is 9.48 Å². The van der Waals surface area contributed by atoms with E-state index in [9.17, 15) is 22.8 Å². The molecule has 2 N–H and O–H groups in total. The van der Waals surface area contributed by atoms with Crippen LogP contribution in [-0.2, 0) is 11.8 Å². The summed E-state index contributed by atoms with van der Waals surface area (Å²) < 4.78 is 41.0. The first-order valence-corrected chi connectivity index (χ1v) is 7.41. The smallest absolute Gasteiger partial charge is 0.413 e. The Morgan fingerprint density at radius 2 is 2.08 bits per heavy atom. The van der Waals surface area contributed by atoms with Crippen LogP contribution in [0.3, 0.4) is 0 Å². The number of alkyl halides is 3. The number of hydrogen-bond donors (Lipinski definition) is 2. The Balaban J connectivity index is 2.14. The minimum Gasteiger partial charge on any atom is -0.481 e. The molecule has 10 heteroatoms. The minimum atomic E-state index is -4.69. The Morgan fingerprint density at radius 1 is 1.42 bits per heavy atom. The van der Waals surface area contributed by atoms with E-state index in [0.29, 0.717) is 6.42 Å². The predicted molar refractivity (Wildman–Crippen MR) is 77.0 cm³/mol. The second-order valence-corrected chi connectivity index (χ2v) is 6.15. The van der Waals surface area contributed by atoms with Gasteiger partial charge in [0.25, 0.3) is 0 Å². The number of aryl methyl sites for hydroxylation is 1. The van der Waals surface area contributed by atoms with Crippen LogP contribution in [-0.4, -0.2) is 51.1 Å². The van der Waals surface area contributed by atoms with Crippen molar-refractivity contribution >= 4 is 12.0 Å². The highest BCUT2D eigenvalue weighted by Crippen LogP contribution is 2.33. The van der Waals surface area contributed by atoms with E-state index in [-0.39, 0.29) is 24.6 Å². The highest BCUT2D eigenvalue weighted by atomic mass is 19.4. The Kier molecular flexibility index (Phi) is 5.05. The molecule has 24 heavy (non-hydrogen) atoms. The summed E-state index contributed by atoms with van der Waals surface area (Å²) in [5.74, 6) is -1.94. The van der Waals surface area contributed by atoms with Crippen LogP contribution < -0.4 is 5.32 Å². The van der Waals surface area contributed by atoms with Crippen LogP contribution in [0.4, 0.5) is 18.0 Å². The molecule has 2 heterocycles. The zero-order valence-corrected chi connectivity index (χ0v) is 13.2. The molecule has 1 aliphatic rings. The molecule has 0 spiro atoms. The van der Waals surface area contributed by atoms with E-state index in [4.69, 9.17) is 5.11 Å². The SMILES string of the molecule is CC1CC(C(=O)O)CN(C(=O)NC(c2cnn(C)c2)C(F)(F)F)C1. The third kappa shape index (κ3) is 4.18. The number of piperidine rings is 1. The lowest BCUT2D eigenvalue weighted by Crippen LogP contribution is -2.51. The molecule has 1 aromatic heterocycles. The lowest BCUT2D eigenvalue weighted by molar-refractivity contribution is -0.156. The summed E-state index contributed by atoms with van der Waals surface area (Å²) in [6, 6.07) is -3.13. The third-order valence-electron chi connectivity index (χ3n) is 3.95. The van der Waals surface area contributed by atoms with Crippen LogP contribution in [0, 0.1) is 11.8 Å². The lowest BCUT2D eigenvalue weighted by atomic mass is 9.91. The average Bonchev–Trinajstić information content (AvgIpc) is 2.88. The van der Waals surface area contributed by atoms with Crippen molar-refractivity contribution in [2.24, 2.45) is 18.9 Å². The van der Waals surface area contributed by atoms with Crippen molar-refractivity contribution in [3.8, 4) is 0 Å². The summed E-state index contributed by atoms with van der Waals surface area (Å²) in [5.41, 5.74) is -0.182. The molecule has 0 radical (unpaired) electrons. The number of nitrogens with zero attached hydrogens (tertiary/aromatic N) is 3. The van der Waals surface area contributed by atoms with Crippen molar-refractivity contribution in [1.29, 1.82) is 0 Å². The number of carbonyl (C=O) groups excluding carboxylic acids is 1. The second-order valence-electron chi connectivity index (χ2n) is 6.15. The zero-order chi connectivity index (χ0) is 18.1. The summed E-state index contributed by atoms with van der Waals surface area (Å²) in [6.45, 7) is 1.87. The number of nitrogens with one attached hydrogen (secondary N) is 1. The van der Waals surface area contributed by atoms with Crippen LogP contribution in [0.2, 0.25) is 0 Å². The molecule has 0 saturated carbocycles. The van der Waals surface area contributed by atoms with E-state index in [0.717, 1.165) is 11.1 Å². The average molecular weight is 348 g/mol. The maximum Gasteiger partial charge on any atom is 0.413 e. The normalized spacial score (nSPS) is 23.0. The van der Waals surface area contributed by atoms with E-state index in [1.807, 2.05) is 5.32 Å². The third-order valence-corrected chi connectivity index (χ3v) is 3.95. The molecule has 0 aliphatic carbocycles. The fourth-order valence-corrected chi connectivity index (χ4v) is 2.85. The number of carbonyl (C=O) groups is 2. The maximum atomic E-state index is 13.3. The molecule has 7 nitrogen and oxygen atoms in total. The predicted octanol–water partition coefficient (Wildman–Crippen LogP) is 1.78. The van der Waals surface area contributed by atoms with E-state index in [1.165, 1.54) is 17.9 Å². The molecule has 3 unspecified atom stereocenters. The van der Waals surface area contributed by atoms with E-state index < -0.39 is 30.1 Å². The molecular weight excluding hydrogens is 329 g/mol. The van der Waals surface area contributed by atoms with Crippen molar-refractivity contribution in [1.82, 2.24) is 20.0 Å². The number of aromatic nitrogens is 2. The summed E-state index contributed by atoms with van der Waals surface area (Å²) in [7, 11) is 1.47. The molecule has 2 rings (SSSR count). The Morgan fingerprint density at radius 3 is 2.58 bits per heavy atom. The fraction of sp³-hybridized carbons (Fsp3) is 0.643. The fourth-order valence-electron chi connectivity index (χ4n) is 2.85. The number of aliphatic carboxylic acids is 1. The Labute approximate surface area is 136 Å². The zero-order valence-electron chi connectivity index (χ0n) is 13.2. The van der Waals surface area contributed by atoms with Gasteiger partial charge in [0.05, 0.1) is 12.1 Å². The van der Waals surface area contributed by atoms with Crippen LogP contribution >= 0.6 is 0 Å². The molecular formula is C14H19F3N4O3. The van der Waals surface area contributed by atoms with Crippen LogP contribution in [0.1, 0.15) is 24.9 Å². The van der Waals surface area contributed by atoms with Gasteiger partial charge in [0, 0.05) is 31.9 Å². The van der Waals surface area contributed by atoms with Gasteiger partial charge in [0.1, 0.15) is 0 Å². The quantitative estimate of drug-likeness (QED) is 0.872. The molecule has 1 fully saturated rings. The number of halogens is 3. The first kappa shape index (κ1) is 18.1. The van der Waals surface area contributed by atoms with Crippen molar-refractivity contribution < 1.29 is 27.9 Å². The van der Waals surface area contributed by atoms with E-state index in [1.54, 1.807) is 6.92 Å². The van der Waals surface area contributed by atoms with Gasteiger partial charge in [-0.05, 0) is 12.3 Å². The number of amides is 2. The van der Waals surface area contributed by atoms with Crippen LogP contribution in [0.15, 0.2) is 12.4 Å². The van der Waals surface area contributed by atoms with Gasteiger partial charge in [-0.15, -0.1) is 0 Å². The first-order valence-electron chi connectivity index (χ1n) is 7.41. The number of carboxylic acids is 1. The summed E-state index contributed by atoms with van der Waals surface area (Å²) in [4.78, 5) is 24.5. The summed E-state index contributed by atoms with van der Waals surface area (Å²) in [6.07, 6.45) is -2.08. The number of urea groups is 1. The highest BCUT2D eigenvalue weighted by Gasteiger charge is 2.44. The number of hydrogen-bond acceptors (Lipinski definition) is 3. The van der Waals surface area contributed by atoms with Crippen molar-refractivity contribution in [2.45, 2.75) is 25.6 Å². The topological polar surface area (TPSA) is 87.5 Å². The summed E-state index contributed by atoms with van der Waals surface area (Å²) >= 11 is 0. The summed E-state index contributed by atoms with van der Waals surface area (Å²) in [5, 5.41) is 14.7. The minimum absolute atomic E-state index is 0.103. The number of likely N-dealkylation sites (tertiary alicyclic amines) is 1. The Hall–Kier alpha value is -2.26. The van der Waals surface area contributed by atoms with Gasteiger partial charge in [-0.2, -0.15) is 18.3 Å². The lowest BCUT2D eigenvalue weighted by Gasteiger charge is -2.35. The van der Waals surface area contributed by atoms with Gasteiger partial charge >= 0.3 is 18.2 Å². The van der Waals surface area contributed by atoms with E-state index >= 15 is 0 Å². The van der Waals surface area contributed by atoms with Gasteiger partial charge in [0.2, 0.25) is 0 Å². The molecule has 1 aliphatic heterocycles. The molecule has 0 aromatic carbocycles. The van der Waals surface area contributed by atoms with Crippen LogP contribution in [0.25, 0.3) is 0 Å². The molecule has 1 aromatic rings. The number of rotatable bonds is 3. The first-order chi connectivity index (χ1) is 11.1. The standard InChI is InChI=1S/C14H19F3N4O3/c1-8-3-9(12(22)23)7-21(5-8)13(24)19-11(14(15,16)17)10-4-18-20(2)6-10/h4,6,8-9,11H,3,5,7H2,1-2H3,(H,19,24)(H,22,23). The van der Waals surface area contributed by atoms with Crippen molar-refractivity contribution in [3.05, 3.63) is 18.0 Å². The maximum absolute atomic E-state index is 13.3. The van der Waals surface area contributed by atoms with Crippen LogP contribution in [0.5, 0.6) is 0 Å². The molecule has 134 valence electrons. The molecule has 3 atom stereocenters. The van der Waals surface area contributed by atoms with Gasteiger partial charge in [-0.1, -0.05) is 6.92 Å². The highest BCUT2D eigenvalue weighted by molar-refractivity contribution is 5.77. The molecule has 2 amide bonds. The number of carboxylic acid groups (broad SMARTS) is 1. The molecule has 1 saturated heterocycles. The van der Waals surface area contributed by atoms with Crippen molar-refractivity contribution in [3.63, 3.8) is 0 Å². The second kappa shape index (κ2) is 6.70. The van der Waals surface area contributed by atoms with Gasteiger partial charge in [-0.25, -0.2) is 4.79 Å². The molecule has 0 bridgehead atoms. The van der Waals surface area contributed by atoms with Crippen molar-refractivity contribution in [2.75, 3.05) is 13.1 Å². The van der Waals surface area contributed by atoms with Gasteiger partial charge < -0.3 is 15.3 Å². The Bertz CT molecular complexity index is 617. The van der Waals surface area contributed by atoms with E-state index in [2.05, 4.69) is 5.10 Å². The van der Waals surface area contributed by atoms with Gasteiger partial charge in [0.15, 0.2) is 6.04 Å².